The summed E-state index contributed by atoms with van der Waals surface area (Å²) in [6, 6.07) is 17.2. The van der Waals surface area contributed by atoms with Gasteiger partial charge in [0.25, 0.3) is 5.91 Å². The molecular formula is C20H21N3O2. The first-order valence-corrected chi connectivity index (χ1v) is 8.36. The maximum Gasteiger partial charge on any atom is 0.255 e. The van der Waals surface area contributed by atoms with E-state index in [0.29, 0.717) is 23.2 Å². The third-order valence-electron chi connectivity index (χ3n) is 4.35. The highest BCUT2D eigenvalue weighted by atomic mass is 16.5. The molecule has 0 saturated carbocycles. The van der Waals surface area contributed by atoms with Crippen molar-refractivity contribution >= 4 is 17.3 Å². The van der Waals surface area contributed by atoms with Crippen LogP contribution in [0, 0.1) is 11.3 Å². The van der Waals surface area contributed by atoms with Crippen LogP contribution in [0.3, 0.4) is 0 Å². The molecule has 1 heterocycles. The number of nitrogens with one attached hydrogen (secondary N) is 1. The van der Waals surface area contributed by atoms with Gasteiger partial charge >= 0.3 is 0 Å². The minimum Gasteiger partial charge on any atom is -0.377 e. The molecule has 1 aliphatic heterocycles. The van der Waals surface area contributed by atoms with Crippen molar-refractivity contribution in [1.29, 1.82) is 5.26 Å². The van der Waals surface area contributed by atoms with E-state index in [0.717, 1.165) is 24.6 Å². The van der Waals surface area contributed by atoms with Gasteiger partial charge in [-0.2, -0.15) is 5.26 Å². The minimum absolute atomic E-state index is 0.224. The lowest BCUT2D eigenvalue weighted by atomic mass is 10.1. The molecule has 0 aromatic heterocycles. The number of carbonyl (C=O) groups is 1. The standard InChI is InChI=1S/C20H21N3O2/c1-14-12-25-13-15(2)23(14)19-8-6-18(7-9-19)22-20(24)17-5-3-4-16(10-17)11-21/h3-10,14-15H,12-13H2,1-2H3,(H,22,24). The highest BCUT2D eigenvalue weighted by Crippen LogP contribution is 2.25. The number of ether oxygens (including phenoxy) is 1. The lowest BCUT2D eigenvalue weighted by molar-refractivity contribution is 0.0757. The number of rotatable bonds is 3. The molecular weight excluding hydrogens is 314 g/mol. The summed E-state index contributed by atoms with van der Waals surface area (Å²) in [7, 11) is 0. The summed E-state index contributed by atoms with van der Waals surface area (Å²) in [5.41, 5.74) is 2.79. The Hall–Kier alpha value is -2.84. The number of nitriles is 1. The van der Waals surface area contributed by atoms with Gasteiger partial charge in [0.1, 0.15) is 0 Å². The van der Waals surface area contributed by atoms with Crippen molar-refractivity contribution in [3.05, 3.63) is 59.7 Å². The van der Waals surface area contributed by atoms with Gasteiger partial charge in [0.15, 0.2) is 0 Å². The predicted molar refractivity (Wildman–Crippen MR) is 97.8 cm³/mol. The smallest absolute Gasteiger partial charge is 0.255 e. The van der Waals surface area contributed by atoms with Crippen molar-refractivity contribution in [3.8, 4) is 6.07 Å². The number of morpholine rings is 1. The zero-order valence-electron chi connectivity index (χ0n) is 14.4. The van der Waals surface area contributed by atoms with E-state index in [1.54, 1.807) is 24.3 Å². The predicted octanol–water partition coefficient (Wildman–Crippen LogP) is 3.42. The quantitative estimate of drug-likeness (QED) is 0.933. The van der Waals surface area contributed by atoms with E-state index in [-0.39, 0.29) is 5.91 Å². The van der Waals surface area contributed by atoms with Crippen molar-refractivity contribution in [2.45, 2.75) is 25.9 Å². The Morgan fingerprint density at radius 1 is 1.16 bits per heavy atom. The van der Waals surface area contributed by atoms with Gasteiger partial charge in [-0.05, 0) is 56.3 Å². The number of hydrogen-bond donors (Lipinski definition) is 1. The van der Waals surface area contributed by atoms with Crippen molar-refractivity contribution in [3.63, 3.8) is 0 Å². The maximum atomic E-state index is 12.3. The van der Waals surface area contributed by atoms with Crippen LogP contribution in [0.25, 0.3) is 0 Å². The van der Waals surface area contributed by atoms with Crippen LogP contribution in [0.1, 0.15) is 29.8 Å². The van der Waals surface area contributed by atoms with Gasteiger partial charge in [-0.1, -0.05) is 6.07 Å². The largest absolute Gasteiger partial charge is 0.377 e. The third kappa shape index (κ3) is 3.81. The minimum atomic E-state index is -0.224. The lowest BCUT2D eigenvalue weighted by Gasteiger charge is -2.40. The zero-order chi connectivity index (χ0) is 17.8. The Morgan fingerprint density at radius 3 is 2.48 bits per heavy atom. The van der Waals surface area contributed by atoms with E-state index in [2.05, 4.69) is 24.1 Å². The molecule has 2 atom stereocenters. The van der Waals surface area contributed by atoms with Crippen LogP contribution in [-0.4, -0.2) is 31.2 Å². The van der Waals surface area contributed by atoms with Crippen LogP contribution in [0.4, 0.5) is 11.4 Å². The molecule has 128 valence electrons. The van der Waals surface area contributed by atoms with Gasteiger partial charge in [-0.15, -0.1) is 0 Å². The van der Waals surface area contributed by atoms with Crippen LogP contribution in [0.2, 0.25) is 0 Å². The average molecular weight is 335 g/mol. The Kier molecular flexibility index (Phi) is 5.01. The molecule has 0 bridgehead atoms. The van der Waals surface area contributed by atoms with Crippen molar-refractivity contribution < 1.29 is 9.53 Å². The molecule has 0 radical (unpaired) electrons. The molecule has 1 fully saturated rings. The second-order valence-electron chi connectivity index (χ2n) is 6.34. The topological polar surface area (TPSA) is 65.4 Å². The van der Waals surface area contributed by atoms with Gasteiger partial charge in [-0.3, -0.25) is 4.79 Å². The van der Waals surface area contributed by atoms with Crippen LogP contribution in [-0.2, 0) is 4.74 Å². The number of hydrogen-bond acceptors (Lipinski definition) is 4. The SMILES string of the molecule is CC1COCC(C)N1c1ccc(NC(=O)c2cccc(C#N)c2)cc1. The Bertz CT molecular complexity index is 785. The van der Waals surface area contributed by atoms with Crippen LogP contribution in [0.5, 0.6) is 0 Å². The normalized spacial score (nSPS) is 20.0. The fraction of sp³-hybridized carbons (Fsp3) is 0.300. The summed E-state index contributed by atoms with van der Waals surface area (Å²) in [5, 5.41) is 11.8. The molecule has 0 aliphatic carbocycles. The van der Waals surface area contributed by atoms with E-state index < -0.39 is 0 Å². The molecule has 2 unspecified atom stereocenters. The van der Waals surface area contributed by atoms with Crippen molar-refractivity contribution in [2.24, 2.45) is 0 Å². The Morgan fingerprint density at radius 2 is 1.84 bits per heavy atom. The van der Waals surface area contributed by atoms with Gasteiger partial charge < -0.3 is 15.0 Å². The van der Waals surface area contributed by atoms with Gasteiger partial charge in [0.2, 0.25) is 0 Å². The fourth-order valence-corrected chi connectivity index (χ4v) is 3.16. The van der Waals surface area contributed by atoms with E-state index >= 15 is 0 Å². The molecule has 0 spiro atoms. The first kappa shape index (κ1) is 17.0. The number of amides is 1. The van der Waals surface area contributed by atoms with E-state index in [9.17, 15) is 4.79 Å². The summed E-state index contributed by atoms with van der Waals surface area (Å²) in [6.45, 7) is 5.73. The highest BCUT2D eigenvalue weighted by molar-refractivity contribution is 6.04. The molecule has 1 saturated heterocycles. The van der Waals surface area contributed by atoms with Crippen LogP contribution >= 0.6 is 0 Å². The molecule has 1 amide bonds. The summed E-state index contributed by atoms with van der Waals surface area (Å²) in [6.07, 6.45) is 0. The van der Waals surface area contributed by atoms with Crippen LogP contribution < -0.4 is 10.2 Å². The summed E-state index contributed by atoms with van der Waals surface area (Å²) >= 11 is 0. The zero-order valence-corrected chi connectivity index (χ0v) is 14.4. The molecule has 3 rings (SSSR count). The van der Waals surface area contributed by atoms with E-state index in [4.69, 9.17) is 10.00 Å². The number of carbonyl (C=O) groups excluding carboxylic acids is 1. The lowest BCUT2D eigenvalue weighted by Crippen LogP contribution is -2.49. The first-order valence-electron chi connectivity index (χ1n) is 8.36. The Labute approximate surface area is 147 Å². The van der Waals surface area contributed by atoms with E-state index in [1.165, 1.54) is 0 Å². The van der Waals surface area contributed by atoms with Crippen LogP contribution in [0.15, 0.2) is 48.5 Å². The summed E-state index contributed by atoms with van der Waals surface area (Å²) < 4.78 is 5.57. The third-order valence-corrected chi connectivity index (χ3v) is 4.35. The maximum absolute atomic E-state index is 12.3. The number of benzene rings is 2. The van der Waals surface area contributed by atoms with Gasteiger partial charge in [0.05, 0.1) is 24.8 Å². The Balaban J connectivity index is 1.72. The van der Waals surface area contributed by atoms with Crippen molar-refractivity contribution in [1.82, 2.24) is 0 Å². The van der Waals surface area contributed by atoms with Gasteiger partial charge in [-0.25, -0.2) is 0 Å². The molecule has 1 aliphatic rings. The monoisotopic (exact) mass is 335 g/mol. The van der Waals surface area contributed by atoms with E-state index in [1.807, 2.05) is 30.3 Å². The van der Waals surface area contributed by atoms with Gasteiger partial charge in [0, 0.05) is 29.0 Å². The number of nitrogens with zero attached hydrogens (tertiary/aromatic N) is 2. The molecule has 5 heteroatoms. The molecule has 5 nitrogen and oxygen atoms in total. The average Bonchev–Trinajstić information content (AvgIpc) is 2.63. The molecule has 1 N–H and O–H groups in total. The summed E-state index contributed by atoms with van der Waals surface area (Å²) in [4.78, 5) is 14.7. The molecule has 2 aromatic rings. The first-order chi connectivity index (χ1) is 12.1. The molecule has 2 aromatic carbocycles. The second kappa shape index (κ2) is 7.37. The van der Waals surface area contributed by atoms with Crippen molar-refractivity contribution in [2.75, 3.05) is 23.4 Å². The highest BCUT2D eigenvalue weighted by Gasteiger charge is 2.25. The summed E-state index contributed by atoms with van der Waals surface area (Å²) in [5.74, 6) is -0.224. The molecule has 25 heavy (non-hydrogen) atoms. The fourth-order valence-electron chi connectivity index (χ4n) is 3.16. The second-order valence-corrected chi connectivity index (χ2v) is 6.34. The number of anilines is 2.